The summed E-state index contributed by atoms with van der Waals surface area (Å²) in [5.41, 5.74) is 4.26. The minimum atomic E-state index is -4.57. The van der Waals surface area contributed by atoms with Crippen LogP contribution in [0.2, 0.25) is 0 Å². The van der Waals surface area contributed by atoms with E-state index < -0.39 is 17.7 Å². The zero-order valence-corrected chi connectivity index (χ0v) is 10.9. The second-order valence-corrected chi connectivity index (χ2v) is 4.86. The quantitative estimate of drug-likeness (QED) is 0.673. The number of ether oxygens (including phenoxy) is 1. The third-order valence-corrected chi connectivity index (χ3v) is 3.22. The Hall–Kier alpha value is -2.09. The summed E-state index contributed by atoms with van der Waals surface area (Å²) >= 11 is 1.41. The molecule has 4 nitrogen and oxygen atoms in total. The number of amidine groups is 1. The van der Waals surface area contributed by atoms with Gasteiger partial charge in [0.25, 0.3) is 0 Å². The fraction of sp³-hybridized carbons (Fsp3) is 0.167. The number of rotatable bonds is 4. The number of thiophene rings is 1. The van der Waals surface area contributed by atoms with Gasteiger partial charge in [-0.25, -0.2) is 4.98 Å². The van der Waals surface area contributed by atoms with Crippen LogP contribution in [0.15, 0.2) is 29.6 Å². The van der Waals surface area contributed by atoms with Gasteiger partial charge in [0.15, 0.2) is 0 Å². The molecular formula is C12H10F3N3OS. The summed E-state index contributed by atoms with van der Waals surface area (Å²) in [6, 6.07) is 5.44. The van der Waals surface area contributed by atoms with Gasteiger partial charge < -0.3 is 10.5 Å². The third-order valence-electron chi connectivity index (χ3n) is 2.37. The Bertz CT molecular complexity index is 611. The standard InChI is InChI=1S/C12H10F3N3OS/c13-12(14,15)9-4-3-8(10(16)17)11(18-9)19-6-7-2-1-5-20-7/h1-5H,6H2,(H3,16,17). The van der Waals surface area contributed by atoms with E-state index in [-0.39, 0.29) is 18.1 Å². The number of nitrogen functional groups attached to an aromatic ring is 1. The van der Waals surface area contributed by atoms with Gasteiger partial charge in [0.2, 0.25) is 5.88 Å². The minimum Gasteiger partial charge on any atom is -0.471 e. The van der Waals surface area contributed by atoms with Gasteiger partial charge in [-0.15, -0.1) is 11.3 Å². The molecule has 2 aromatic heterocycles. The molecule has 2 heterocycles. The van der Waals surface area contributed by atoms with Crippen LogP contribution in [0.1, 0.15) is 16.1 Å². The molecule has 0 aromatic carbocycles. The van der Waals surface area contributed by atoms with E-state index in [0.717, 1.165) is 17.0 Å². The van der Waals surface area contributed by atoms with Crippen LogP contribution in [0.5, 0.6) is 5.88 Å². The molecule has 106 valence electrons. The highest BCUT2D eigenvalue weighted by Crippen LogP contribution is 2.30. The van der Waals surface area contributed by atoms with Crippen molar-refractivity contribution in [1.82, 2.24) is 4.98 Å². The first kappa shape index (κ1) is 14.3. The van der Waals surface area contributed by atoms with Gasteiger partial charge in [-0.2, -0.15) is 13.2 Å². The first-order chi connectivity index (χ1) is 9.38. The lowest BCUT2D eigenvalue weighted by Gasteiger charge is -2.12. The molecule has 0 aliphatic carbocycles. The van der Waals surface area contributed by atoms with Gasteiger partial charge in [-0.3, -0.25) is 5.41 Å². The molecule has 0 aliphatic rings. The molecule has 0 fully saturated rings. The lowest BCUT2D eigenvalue weighted by atomic mass is 10.2. The summed E-state index contributed by atoms with van der Waals surface area (Å²) in [6.07, 6.45) is -4.57. The number of nitrogens with two attached hydrogens (primary N) is 1. The van der Waals surface area contributed by atoms with Crippen LogP contribution in [0.3, 0.4) is 0 Å². The van der Waals surface area contributed by atoms with Crippen LogP contribution in [-0.4, -0.2) is 10.8 Å². The molecule has 0 saturated heterocycles. The Balaban J connectivity index is 2.29. The molecule has 20 heavy (non-hydrogen) atoms. The van der Waals surface area contributed by atoms with Gasteiger partial charge in [0.1, 0.15) is 18.1 Å². The fourth-order valence-corrected chi connectivity index (χ4v) is 2.06. The van der Waals surface area contributed by atoms with Crippen molar-refractivity contribution in [2.75, 3.05) is 0 Å². The number of aromatic nitrogens is 1. The number of halogens is 3. The summed E-state index contributed by atoms with van der Waals surface area (Å²) in [7, 11) is 0. The molecule has 0 radical (unpaired) electrons. The minimum absolute atomic E-state index is 0.0366. The maximum absolute atomic E-state index is 12.6. The first-order valence-corrected chi connectivity index (χ1v) is 6.33. The molecule has 2 aromatic rings. The Morgan fingerprint density at radius 2 is 2.10 bits per heavy atom. The summed E-state index contributed by atoms with van der Waals surface area (Å²) in [5, 5.41) is 9.16. The SMILES string of the molecule is N=C(N)c1ccc(C(F)(F)F)nc1OCc1cccs1. The van der Waals surface area contributed by atoms with Crippen molar-refractivity contribution in [3.63, 3.8) is 0 Å². The van der Waals surface area contributed by atoms with Crippen LogP contribution in [0.25, 0.3) is 0 Å². The summed E-state index contributed by atoms with van der Waals surface area (Å²) in [6.45, 7) is 0.0757. The van der Waals surface area contributed by atoms with Crippen molar-refractivity contribution in [3.05, 3.63) is 45.8 Å². The number of alkyl halides is 3. The fourth-order valence-electron chi connectivity index (χ4n) is 1.45. The normalized spacial score (nSPS) is 11.3. The van der Waals surface area contributed by atoms with E-state index in [4.69, 9.17) is 15.9 Å². The second-order valence-electron chi connectivity index (χ2n) is 3.83. The van der Waals surface area contributed by atoms with Crippen molar-refractivity contribution in [2.24, 2.45) is 5.73 Å². The van der Waals surface area contributed by atoms with E-state index in [1.165, 1.54) is 11.3 Å². The Morgan fingerprint density at radius 3 is 2.65 bits per heavy atom. The lowest BCUT2D eigenvalue weighted by molar-refractivity contribution is -0.141. The molecule has 0 spiro atoms. The van der Waals surface area contributed by atoms with Gasteiger partial charge in [0, 0.05) is 4.88 Å². The zero-order valence-electron chi connectivity index (χ0n) is 10.1. The average Bonchev–Trinajstić information content (AvgIpc) is 2.87. The molecule has 0 bridgehead atoms. The van der Waals surface area contributed by atoms with Crippen LogP contribution >= 0.6 is 11.3 Å². The van der Waals surface area contributed by atoms with E-state index in [2.05, 4.69) is 4.98 Å². The van der Waals surface area contributed by atoms with E-state index in [0.29, 0.717) is 0 Å². The molecule has 0 aliphatic heterocycles. The van der Waals surface area contributed by atoms with Gasteiger partial charge in [-0.1, -0.05) is 6.07 Å². The largest absolute Gasteiger partial charge is 0.471 e. The smallest absolute Gasteiger partial charge is 0.433 e. The predicted molar refractivity (Wildman–Crippen MR) is 68.9 cm³/mol. The first-order valence-electron chi connectivity index (χ1n) is 5.46. The highest BCUT2D eigenvalue weighted by Gasteiger charge is 2.33. The lowest BCUT2D eigenvalue weighted by Crippen LogP contribution is -2.16. The van der Waals surface area contributed by atoms with Gasteiger partial charge in [-0.05, 0) is 23.6 Å². The van der Waals surface area contributed by atoms with E-state index in [1.54, 1.807) is 12.1 Å². The van der Waals surface area contributed by atoms with Crippen molar-refractivity contribution < 1.29 is 17.9 Å². The van der Waals surface area contributed by atoms with Crippen molar-refractivity contribution >= 4 is 17.2 Å². The summed E-state index contributed by atoms with van der Waals surface area (Å²) in [4.78, 5) is 4.23. The maximum Gasteiger partial charge on any atom is 0.433 e. The van der Waals surface area contributed by atoms with Gasteiger partial charge in [0.05, 0.1) is 5.56 Å². The molecule has 2 rings (SSSR count). The van der Waals surface area contributed by atoms with E-state index in [1.807, 2.05) is 5.38 Å². The van der Waals surface area contributed by atoms with Crippen molar-refractivity contribution in [2.45, 2.75) is 12.8 Å². The number of hydrogen-bond acceptors (Lipinski definition) is 4. The van der Waals surface area contributed by atoms with Crippen LogP contribution < -0.4 is 10.5 Å². The third kappa shape index (κ3) is 3.27. The number of nitrogens with zero attached hydrogens (tertiary/aromatic N) is 1. The van der Waals surface area contributed by atoms with Crippen molar-refractivity contribution in [3.8, 4) is 5.88 Å². The molecule has 0 amide bonds. The second kappa shape index (κ2) is 5.49. The molecule has 0 atom stereocenters. The zero-order chi connectivity index (χ0) is 14.8. The van der Waals surface area contributed by atoms with E-state index >= 15 is 0 Å². The number of pyridine rings is 1. The number of hydrogen-bond donors (Lipinski definition) is 2. The summed E-state index contributed by atoms with van der Waals surface area (Å²) in [5.74, 6) is -0.687. The molecule has 8 heteroatoms. The maximum atomic E-state index is 12.6. The van der Waals surface area contributed by atoms with E-state index in [9.17, 15) is 13.2 Å². The predicted octanol–water partition coefficient (Wildman–Crippen LogP) is 3.02. The Kier molecular flexibility index (Phi) is 3.93. The van der Waals surface area contributed by atoms with Gasteiger partial charge >= 0.3 is 6.18 Å². The highest BCUT2D eigenvalue weighted by atomic mass is 32.1. The Labute approximate surface area is 116 Å². The monoisotopic (exact) mass is 301 g/mol. The molecular weight excluding hydrogens is 291 g/mol. The Morgan fingerprint density at radius 1 is 1.35 bits per heavy atom. The highest BCUT2D eigenvalue weighted by molar-refractivity contribution is 7.09. The van der Waals surface area contributed by atoms with Crippen LogP contribution in [0.4, 0.5) is 13.2 Å². The molecule has 0 saturated carbocycles. The van der Waals surface area contributed by atoms with Crippen LogP contribution in [0, 0.1) is 5.41 Å². The number of nitrogens with one attached hydrogen (secondary N) is 1. The topological polar surface area (TPSA) is 72.0 Å². The van der Waals surface area contributed by atoms with Crippen molar-refractivity contribution in [1.29, 1.82) is 5.41 Å². The molecule has 0 unspecified atom stereocenters. The average molecular weight is 301 g/mol. The summed E-state index contributed by atoms with van der Waals surface area (Å²) < 4.78 is 43.1. The molecule has 3 N–H and O–H groups in total. The van der Waals surface area contributed by atoms with Crippen LogP contribution in [-0.2, 0) is 12.8 Å².